The molecule has 2 aromatic carbocycles. The van der Waals surface area contributed by atoms with Crippen molar-refractivity contribution in [3.05, 3.63) is 70.7 Å². The van der Waals surface area contributed by atoms with Crippen LogP contribution in [0.3, 0.4) is 0 Å². The van der Waals surface area contributed by atoms with Crippen molar-refractivity contribution in [2.75, 3.05) is 0 Å². The molecule has 26 heavy (non-hydrogen) atoms. The van der Waals surface area contributed by atoms with E-state index in [1.54, 1.807) is 6.08 Å². The Labute approximate surface area is 163 Å². The second kappa shape index (κ2) is 7.73. The number of hydrogen-bond acceptors (Lipinski definition) is 3. The molecule has 0 heterocycles. The number of rotatable bonds is 6. The summed E-state index contributed by atoms with van der Waals surface area (Å²) in [6.45, 7) is 4.16. The van der Waals surface area contributed by atoms with Crippen molar-refractivity contribution in [3.8, 4) is 11.5 Å². The Bertz CT molecular complexity index is 811. The number of carbonyl (C=O) groups is 1. The SMILES string of the molecule is CC1(C)[C@H](C=C(Cl)Cl)[C@@H]1C(=O)OCc1ccccc1Oc1ccccc1. The molecular formula is C21H20Cl2O3. The smallest absolute Gasteiger partial charge is 0.310 e. The maximum absolute atomic E-state index is 12.5. The van der Waals surface area contributed by atoms with Crippen LogP contribution in [-0.2, 0) is 16.1 Å². The monoisotopic (exact) mass is 390 g/mol. The fourth-order valence-electron chi connectivity index (χ4n) is 3.15. The first-order valence-electron chi connectivity index (χ1n) is 8.40. The van der Waals surface area contributed by atoms with Gasteiger partial charge in [-0.3, -0.25) is 4.79 Å². The zero-order chi connectivity index (χ0) is 18.7. The largest absolute Gasteiger partial charge is 0.460 e. The van der Waals surface area contributed by atoms with Gasteiger partial charge in [-0.25, -0.2) is 0 Å². The molecule has 3 rings (SSSR count). The molecule has 0 unspecified atom stereocenters. The topological polar surface area (TPSA) is 35.5 Å². The Morgan fingerprint density at radius 1 is 1.08 bits per heavy atom. The summed E-state index contributed by atoms with van der Waals surface area (Å²) in [7, 11) is 0. The van der Waals surface area contributed by atoms with E-state index < -0.39 is 0 Å². The van der Waals surface area contributed by atoms with Gasteiger partial charge in [-0.1, -0.05) is 73.4 Å². The number of carbonyl (C=O) groups excluding carboxylic acids is 1. The highest BCUT2D eigenvalue weighted by molar-refractivity contribution is 6.55. The molecule has 136 valence electrons. The normalized spacial score (nSPS) is 20.2. The number of ether oxygens (including phenoxy) is 2. The van der Waals surface area contributed by atoms with Crippen molar-refractivity contribution in [1.82, 2.24) is 0 Å². The van der Waals surface area contributed by atoms with Crippen LogP contribution in [-0.4, -0.2) is 5.97 Å². The van der Waals surface area contributed by atoms with E-state index >= 15 is 0 Å². The molecular weight excluding hydrogens is 371 g/mol. The van der Waals surface area contributed by atoms with Gasteiger partial charge >= 0.3 is 5.97 Å². The summed E-state index contributed by atoms with van der Waals surface area (Å²) in [6, 6.07) is 17.0. The Morgan fingerprint density at radius 2 is 1.73 bits per heavy atom. The quantitative estimate of drug-likeness (QED) is 0.557. The molecule has 2 aromatic rings. The van der Waals surface area contributed by atoms with Gasteiger partial charge in [0.2, 0.25) is 0 Å². The van der Waals surface area contributed by atoms with E-state index in [9.17, 15) is 4.79 Å². The molecule has 5 heteroatoms. The van der Waals surface area contributed by atoms with Gasteiger partial charge in [-0.2, -0.15) is 0 Å². The lowest BCUT2D eigenvalue weighted by Crippen LogP contribution is -2.11. The fraction of sp³-hybridized carbons (Fsp3) is 0.286. The molecule has 1 aliphatic carbocycles. The molecule has 0 bridgehead atoms. The predicted octanol–water partition coefficient (Wildman–Crippen LogP) is 6.11. The van der Waals surface area contributed by atoms with E-state index in [2.05, 4.69) is 0 Å². The second-order valence-electron chi connectivity index (χ2n) is 6.91. The molecule has 0 radical (unpaired) electrons. The van der Waals surface area contributed by atoms with Gasteiger partial charge in [0, 0.05) is 5.56 Å². The van der Waals surface area contributed by atoms with E-state index in [-0.39, 0.29) is 34.3 Å². The van der Waals surface area contributed by atoms with Gasteiger partial charge in [-0.15, -0.1) is 0 Å². The van der Waals surface area contributed by atoms with Gasteiger partial charge in [0.15, 0.2) is 0 Å². The fourth-order valence-corrected chi connectivity index (χ4v) is 3.42. The zero-order valence-electron chi connectivity index (χ0n) is 14.6. The highest BCUT2D eigenvalue weighted by atomic mass is 35.5. The summed E-state index contributed by atoms with van der Waals surface area (Å²) in [5.41, 5.74) is 0.609. The molecule has 1 aliphatic rings. The first kappa shape index (κ1) is 18.8. The highest BCUT2D eigenvalue weighted by Gasteiger charge is 2.61. The number of para-hydroxylation sites is 2. The summed E-state index contributed by atoms with van der Waals surface area (Å²) in [5, 5.41) is 0. The summed E-state index contributed by atoms with van der Waals surface area (Å²) in [4.78, 5) is 12.5. The second-order valence-corrected chi connectivity index (χ2v) is 7.92. The number of hydrogen-bond donors (Lipinski definition) is 0. The highest BCUT2D eigenvalue weighted by Crippen LogP contribution is 2.60. The first-order valence-corrected chi connectivity index (χ1v) is 9.15. The molecule has 1 saturated carbocycles. The Balaban J connectivity index is 1.65. The van der Waals surface area contributed by atoms with Crippen LogP contribution in [0.4, 0.5) is 0 Å². The molecule has 0 saturated heterocycles. The predicted molar refractivity (Wildman–Crippen MR) is 103 cm³/mol. The van der Waals surface area contributed by atoms with Gasteiger partial charge in [0.1, 0.15) is 22.6 Å². The van der Waals surface area contributed by atoms with Crippen LogP contribution in [0.2, 0.25) is 0 Å². The van der Waals surface area contributed by atoms with E-state index in [1.807, 2.05) is 68.4 Å². The minimum absolute atomic E-state index is 0.00388. The van der Waals surface area contributed by atoms with Crippen LogP contribution in [0.5, 0.6) is 11.5 Å². The average molecular weight is 391 g/mol. The molecule has 0 spiro atoms. The lowest BCUT2D eigenvalue weighted by Gasteiger charge is -2.12. The van der Waals surface area contributed by atoms with Crippen molar-refractivity contribution in [3.63, 3.8) is 0 Å². The van der Waals surface area contributed by atoms with Crippen LogP contribution in [0.25, 0.3) is 0 Å². The Morgan fingerprint density at radius 3 is 2.42 bits per heavy atom. The number of benzene rings is 2. The Kier molecular flexibility index (Phi) is 5.59. The molecule has 2 atom stereocenters. The first-order chi connectivity index (χ1) is 12.4. The third kappa shape index (κ3) is 4.22. The van der Waals surface area contributed by atoms with Crippen molar-refractivity contribution >= 4 is 29.2 Å². The van der Waals surface area contributed by atoms with Crippen LogP contribution >= 0.6 is 23.2 Å². The summed E-state index contributed by atoms with van der Waals surface area (Å²) in [6.07, 6.45) is 1.71. The van der Waals surface area contributed by atoms with Crippen LogP contribution in [0, 0.1) is 17.3 Å². The maximum Gasteiger partial charge on any atom is 0.310 e. The van der Waals surface area contributed by atoms with E-state index in [4.69, 9.17) is 32.7 Å². The lowest BCUT2D eigenvalue weighted by atomic mass is 10.1. The minimum Gasteiger partial charge on any atom is -0.460 e. The number of allylic oxidation sites excluding steroid dienone is 1. The zero-order valence-corrected chi connectivity index (χ0v) is 16.1. The van der Waals surface area contributed by atoms with Gasteiger partial charge < -0.3 is 9.47 Å². The molecule has 0 amide bonds. The summed E-state index contributed by atoms with van der Waals surface area (Å²) in [5.74, 6) is 0.909. The molecule has 3 nitrogen and oxygen atoms in total. The van der Waals surface area contributed by atoms with Gasteiger partial charge in [0.25, 0.3) is 0 Å². The van der Waals surface area contributed by atoms with Crippen molar-refractivity contribution < 1.29 is 14.3 Å². The van der Waals surface area contributed by atoms with Crippen molar-refractivity contribution in [1.29, 1.82) is 0 Å². The Hall–Kier alpha value is -1.97. The molecule has 1 fully saturated rings. The lowest BCUT2D eigenvalue weighted by molar-refractivity contribution is -0.147. The van der Waals surface area contributed by atoms with Crippen molar-refractivity contribution in [2.24, 2.45) is 17.3 Å². The molecule has 0 aliphatic heterocycles. The van der Waals surface area contributed by atoms with Gasteiger partial charge in [-0.05, 0) is 35.6 Å². The summed E-state index contributed by atoms with van der Waals surface area (Å²) >= 11 is 11.5. The van der Waals surface area contributed by atoms with E-state index in [0.29, 0.717) is 5.75 Å². The van der Waals surface area contributed by atoms with Crippen LogP contribution in [0.1, 0.15) is 19.4 Å². The minimum atomic E-state index is -0.250. The van der Waals surface area contributed by atoms with Crippen LogP contribution < -0.4 is 4.74 Å². The maximum atomic E-state index is 12.5. The van der Waals surface area contributed by atoms with Crippen LogP contribution in [0.15, 0.2) is 65.2 Å². The third-order valence-corrected chi connectivity index (χ3v) is 5.04. The van der Waals surface area contributed by atoms with Crippen molar-refractivity contribution in [2.45, 2.75) is 20.5 Å². The molecule has 0 aromatic heterocycles. The summed E-state index contributed by atoms with van der Waals surface area (Å²) < 4.78 is 11.6. The average Bonchev–Trinajstić information content (AvgIpc) is 3.14. The van der Waals surface area contributed by atoms with E-state index in [1.165, 1.54) is 0 Å². The number of esters is 1. The number of halogens is 2. The van der Waals surface area contributed by atoms with E-state index in [0.717, 1.165) is 11.3 Å². The third-order valence-electron chi connectivity index (χ3n) is 4.78. The molecule has 0 N–H and O–H groups in total. The standard InChI is InChI=1S/C21H20Cl2O3/c1-21(2)16(12-18(22)23)19(21)20(24)25-13-14-8-6-7-11-17(14)26-15-9-4-3-5-10-15/h3-12,16,19H,13H2,1-2H3/t16-,19-/m1/s1. The van der Waals surface area contributed by atoms with Gasteiger partial charge in [0.05, 0.1) is 5.92 Å².